The molecule has 3 aliphatic carbocycles. The van der Waals surface area contributed by atoms with E-state index in [9.17, 15) is 9.90 Å². The van der Waals surface area contributed by atoms with E-state index in [-0.39, 0.29) is 16.7 Å². The lowest BCUT2D eigenvalue weighted by Crippen LogP contribution is -2.59. The molecule has 1 amide bonds. The summed E-state index contributed by atoms with van der Waals surface area (Å²) < 4.78 is 0. The van der Waals surface area contributed by atoms with Gasteiger partial charge in [0.2, 0.25) is 5.91 Å². The van der Waals surface area contributed by atoms with Gasteiger partial charge in [0.1, 0.15) is 5.82 Å². The van der Waals surface area contributed by atoms with E-state index >= 15 is 0 Å². The number of aliphatic hydroxyl groups excluding tert-OH is 1. The van der Waals surface area contributed by atoms with E-state index in [1.807, 2.05) is 18.1 Å². The second-order valence-electron chi connectivity index (χ2n) is 10.4. The van der Waals surface area contributed by atoms with Gasteiger partial charge >= 0.3 is 0 Å². The molecule has 1 aromatic heterocycles. The summed E-state index contributed by atoms with van der Waals surface area (Å²) in [4.78, 5) is 21.9. The lowest BCUT2D eigenvalue weighted by atomic mass is 9.48. The number of H-pyrrole nitrogens is 1. The number of aliphatic hydroxyl groups is 1. The molecule has 156 valence electrons. The van der Waals surface area contributed by atoms with Crippen LogP contribution in [0, 0.1) is 28.6 Å². The summed E-state index contributed by atoms with van der Waals surface area (Å²) in [6, 6.07) is 0.303. The maximum Gasteiger partial charge on any atom is 0.246 e. The molecule has 5 rings (SSSR count). The average Bonchev–Trinajstić information content (AvgIpc) is 3.32. The van der Waals surface area contributed by atoms with Gasteiger partial charge in [-0.05, 0) is 74.0 Å². The van der Waals surface area contributed by atoms with E-state index in [1.165, 1.54) is 5.57 Å². The Morgan fingerprint density at radius 1 is 1.28 bits per heavy atom. The molecule has 2 N–H and O–H groups in total. The zero-order valence-corrected chi connectivity index (χ0v) is 18.0. The van der Waals surface area contributed by atoms with E-state index in [0.29, 0.717) is 23.8 Å². The molecule has 0 aromatic carbocycles. The van der Waals surface area contributed by atoms with Crippen LogP contribution in [-0.2, 0) is 4.79 Å². The van der Waals surface area contributed by atoms with Gasteiger partial charge in [0.25, 0.3) is 0 Å². The van der Waals surface area contributed by atoms with Gasteiger partial charge in [-0.25, -0.2) is 4.98 Å². The van der Waals surface area contributed by atoms with Crippen molar-refractivity contribution in [3.63, 3.8) is 0 Å². The SMILES string of the molecule is CC(=C1C[C@H]2[C@@H]3CCC4N(C)C(=O)C=C[C@]4(C)[C@@H]3CC[C@]2(C)C1O)c1ncc[nH]1. The molecule has 1 aliphatic heterocycles. The summed E-state index contributed by atoms with van der Waals surface area (Å²) in [6.07, 6.45) is 12.6. The summed E-state index contributed by atoms with van der Waals surface area (Å²) in [6.45, 7) is 6.77. The number of aromatic amines is 1. The van der Waals surface area contributed by atoms with Crippen molar-refractivity contribution in [1.29, 1.82) is 0 Å². The number of aromatic nitrogens is 2. The number of hydrogen-bond acceptors (Lipinski definition) is 3. The normalized spacial score (nSPS) is 45.6. The van der Waals surface area contributed by atoms with Crippen molar-refractivity contribution in [3.8, 4) is 0 Å². The van der Waals surface area contributed by atoms with Gasteiger partial charge in [0, 0.05) is 36.3 Å². The number of imidazole rings is 1. The van der Waals surface area contributed by atoms with Crippen LogP contribution >= 0.6 is 0 Å². The smallest absolute Gasteiger partial charge is 0.246 e. The minimum absolute atomic E-state index is 0.0420. The first-order valence-corrected chi connectivity index (χ1v) is 11.1. The molecule has 3 fully saturated rings. The summed E-state index contributed by atoms with van der Waals surface area (Å²) in [7, 11) is 1.97. The zero-order valence-electron chi connectivity index (χ0n) is 18.0. The van der Waals surface area contributed by atoms with Crippen molar-refractivity contribution in [2.24, 2.45) is 28.6 Å². The van der Waals surface area contributed by atoms with Crippen LogP contribution in [0.3, 0.4) is 0 Å². The molecule has 0 bridgehead atoms. The average molecular weight is 396 g/mol. The molecular formula is C24H33N3O2. The van der Waals surface area contributed by atoms with Gasteiger partial charge in [-0.3, -0.25) is 4.79 Å². The molecule has 0 spiro atoms. The monoisotopic (exact) mass is 395 g/mol. The fourth-order valence-electron chi connectivity index (χ4n) is 7.54. The maximum absolute atomic E-state index is 12.2. The fourth-order valence-corrected chi connectivity index (χ4v) is 7.54. The fraction of sp³-hybridized carbons (Fsp3) is 0.667. The summed E-state index contributed by atoms with van der Waals surface area (Å²) in [5.41, 5.74) is 2.26. The predicted octanol–water partition coefficient (Wildman–Crippen LogP) is 3.79. The number of nitrogens with zero attached hydrogens (tertiary/aromatic N) is 2. The molecule has 1 aromatic rings. The maximum atomic E-state index is 12.2. The first kappa shape index (κ1) is 19.1. The molecule has 5 nitrogen and oxygen atoms in total. The van der Waals surface area contributed by atoms with Crippen LogP contribution in [0.1, 0.15) is 58.7 Å². The van der Waals surface area contributed by atoms with Crippen molar-refractivity contribution >= 4 is 11.5 Å². The lowest BCUT2D eigenvalue weighted by Gasteiger charge is -2.59. The zero-order chi connectivity index (χ0) is 20.6. The molecule has 0 radical (unpaired) electrons. The second kappa shape index (κ2) is 6.31. The van der Waals surface area contributed by atoms with E-state index in [1.54, 1.807) is 12.3 Å². The number of rotatable bonds is 1. The summed E-state index contributed by atoms with van der Waals surface area (Å²) in [5.74, 6) is 2.68. The van der Waals surface area contributed by atoms with E-state index in [2.05, 4.69) is 36.8 Å². The van der Waals surface area contributed by atoms with Crippen molar-refractivity contribution in [3.05, 3.63) is 35.9 Å². The van der Waals surface area contributed by atoms with Gasteiger partial charge in [-0.1, -0.05) is 19.9 Å². The molecule has 3 saturated carbocycles. The van der Waals surface area contributed by atoms with Gasteiger partial charge in [0.05, 0.1) is 6.10 Å². The molecule has 7 atom stereocenters. The number of likely N-dealkylation sites (N-methyl/N-ethyl adjacent to an activating group) is 1. The van der Waals surface area contributed by atoms with Gasteiger partial charge in [0.15, 0.2) is 0 Å². The van der Waals surface area contributed by atoms with Crippen LogP contribution in [0.5, 0.6) is 0 Å². The van der Waals surface area contributed by atoms with Crippen LogP contribution in [0.2, 0.25) is 0 Å². The highest BCUT2D eigenvalue weighted by atomic mass is 16.3. The number of hydrogen-bond donors (Lipinski definition) is 2. The third-order valence-electron chi connectivity index (χ3n) is 9.29. The molecule has 5 heteroatoms. The van der Waals surface area contributed by atoms with Crippen LogP contribution < -0.4 is 0 Å². The first-order chi connectivity index (χ1) is 13.8. The predicted molar refractivity (Wildman–Crippen MR) is 113 cm³/mol. The number of carbonyl (C=O) groups excluding carboxylic acids is 1. The van der Waals surface area contributed by atoms with E-state index in [0.717, 1.165) is 43.5 Å². The number of nitrogens with one attached hydrogen (secondary N) is 1. The minimum Gasteiger partial charge on any atom is -0.388 e. The Bertz CT molecular complexity index is 888. The minimum atomic E-state index is -0.393. The van der Waals surface area contributed by atoms with Crippen LogP contribution in [0.4, 0.5) is 0 Å². The third-order valence-corrected chi connectivity index (χ3v) is 9.29. The summed E-state index contributed by atoms with van der Waals surface area (Å²) in [5, 5.41) is 11.4. The van der Waals surface area contributed by atoms with Crippen molar-refractivity contribution in [1.82, 2.24) is 14.9 Å². The first-order valence-electron chi connectivity index (χ1n) is 11.1. The summed E-state index contributed by atoms with van der Waals surface area (Å²) >= 11 is 0. The quantitative estimate of drug-likeness (QED) is 0.760. The molecule has 29 heavy (non-hydrogen) atoms. The molecule has 2 unspecified atom stereocenters. The second-order valence-corrected chi connectivity index (χ2v) is 10.4. The highest BCUT2D eigenvalue weighted by Crippen LogP contribution is 2.65. The number of carbonyl (C=O) groups is 1. The third kappa shape index (κ3) is 2.49. The lowest BCUT2D eigenvalue weighted by molar-refractivity contribution is -0.140. The highest BCUT2D eigenvalue weighted by Gasteiger charge is 2.61. The van der Waals surface area contributed by atoms with Crippen LogP contribution in [0.15, 0.2) is 30.1 Å². The van der Waals surface area contributed by atoms with Crippen molar-refractivity contribution in [2.45, 2.75) is 65.0 Å². The number of amides is 1. The molecule has 0 saturated heterocycles. The Kier molecular flexibility index (Phi) is 4.16. The van der Waals surface area contributed by atoms with Crippen LogP contribution in [-0.4, -0.2) is 45.1 Å². The Morgan fingerprint density at radius 2 is 2.07 bits per heavy atom. The van der Waals surface area contributed by atoms with Crippen LogP contribution in [0.25, 0.3) is 5.57 Å². The van der Waals surface area contributed by atoms with E-state index < -0.39 is 6.10 Å². The van der Waals surface area contributed by atoms with Gasteiger partial charge in [-0.15, -0.1) is 0 Å². The highest BCUT2D eigenvalue weighted by molar-refractivity contribution is 5.89. The van der Waals surface area contributed by atoms with Crippen molar-refractivity contribution < 1.29 is 9.90 Å². The molecular weight excluding hydrogens is 362 g/mol. The van der Waals surface area contributed by atoms with Gasteiger partial charge in [-0.2, -0.15) is 0 Å². The molecule has 4 aliphatic rings. The van der Waals surface area contributed by atoms with Gasteiger partial charge < -0.3 is 15.0 Å². The molecule has 2 heterocycles. The Balaban J connectivity index is 1.51. The standard InChI is InChI=1S/C24H33N3O2/c1-14(22-25-11-12-26-22)16-13-18-15-5-6-19-23(2,10-8-20(28)27(19)4)17(15)7-9-24(18,3)21(16)29/h8,10-12,15,17-19,21,29H,5-7,9,13H2,1-4H3,(H,25,26)/t15-,17-,18+,19?,21?,23-,24+/m1/s1. The Hall–Kier alpha value is -1.88. The van der Waals surface area contributed by atoms with E-state index in [4.69, 9.17) is 0 Å². The number of allylic oxidation sites excluding steroid dienone is 1. The Labute approximate surface area is 173 Å². The number of fused-ring (bicyclic) bond motifs is 5. The van der Waals surface area contributed by atoms with Crippen molar-refractivity contribution in [2.75, 3.05) is 7.05 Å². The topological polar surface area (TPSA) is 69.2 Å². The largest absolute Gasteiger partial charge is 0.388 e. The Morgan fingerprint density at radius 3 is 2.79 bits per heavy atom.